The van der Waals surface area contributed by atoms with Gasteiger partial charge in [-0.1, -0.05) is 36.6 Å². The maximum Gasteiger partial charge on any atom is 0.261 e. The standard InChI is InChI=1S/4C4H9.3C2H5.Al.Ti/c4*1-3-4-2;3*1-2;;/h4*1,3-4H2,2H3;3*1H2,2H3;;. The molecule has 0 aromatic rings. The zero-order chi connectivity index (χ0) is 18.7. The van der Waals surface area contributed by atoms with Crippen molar-refractivity contribution in [1.29, 1.82) is 0 Å². The maximum absolute atomic E-state index is 2.37. The van der Waals surface area contributed by atoms with Gasteiger partial charge in [0.05, 0.1) is 0 Å². The number of hydrogen-bond acceptors (Lipinski definition) is 0. The van der Waals surface area contributed by atoms with Crippen LogP contribution in [0, 0.1) is 0 Å². The van der Waals surface area contributed by atoms with Gasteiger partial charge in [0, 0.05) is 0 Å². The van der Waals surface area contributed by atoms with Crippen molar-refractivity contribution >= 4 is 14.1 Å². The number of unbranched alkanes of at least 4 members (excludes halogenated alkanes) is 4. The third-order valence-corrected chi connectivity index (χ3v) is 18.3. The molecule has 0 radical (unpaired) electrons. The second-order valence-electron chi connectivity index (χ2n) is 8.00. The van der Waals surface area contributed by atoms with Gasteiger partial charge < -0.3 is 0 Å². The summed E-state index contributed by atoms with van der Waals surface area (Å²) in [6.07, 6.45) is 11.8. The Morgan fingerprint density at radius 3 is 0.833 bits per heavy atom. The number of hydrogen-bond donors (Lipinski definition) is 0. The molecule has 0 saturated heterocycles. The molecule has 2 heteroatoms. The van der Waals surface area contributed by atoms with E-state index in [1.807, 2.05) is 0 Å². The van der Waals surface area contributed by atoms with Gasteiger partial charge in [0.25, 0.3) is 14.1 Å². The molecule has 0 spiro atoms. The van der Waals surface area contributed by atoms with Crippen LogP contribution in [-0.2, 0) is 16.6 Å². The molecule has 0 amide bonds. The van der Waals surface area contributed by atoms with Crippen molar-refractivity contribution in [2.75, 3.05) is 0 Å². The Labute approximate surface area is 164 Å². The Kier molecular flexibility index (Phi) is 23.5. The summed E-state index contributed by atoms with van der Waals surface area (Å²) in [7, 11) is 0. The average Bonchev–Trinajstić information content (AvgIpc) is 2.62. The summed E-state index contributed by atoms with van der Waals surface area (Å²) < 4.78 is 6.71. The summed E-state index contributed by atoms with van der Waals surface area (Å²) in [5.74, 6) is 0. The van der Waals surface area contributed by atoms with Crippen LogP contribution in [0.4, 0.5) is 0 Å². The molecule has 0 atom stereocenters. The van der Waals surface area contributed by atoms with Gasteiger partial charge in [-0.15, -0.1) is 0 Å². The van der Waals surface area contributed by atoms with Gasteiger partial charge in [0.2, 0.25) is 0 Å². The minimum absolute atomic E-state index is 0.171. The van der Waals surface area contributed by atoms with Crippen LogP contribution in [0.2, 0.25) is 34.8 Å². The molecule has 0 fully saturated rings. The van der Waals surface area contributed by atoms with E-state index in [0.29, 0.717) is 0 Å². The molecular weight excluding hydrogens is 339 g/mol. The summed E-state index contributed by atoms with van der Waals surface area (Å²) in [4.78, 5) is 0. The van der Waals surface area contributed by atoms with Gasteiger partial charge >= 0.3 is 115 Å². The Morgan fingerprint density at radius 1 is 0.458 bits per heavy atom. The largest absolute Gasteiger partial charge is 0.261 e. The van der Waals surface area contributed by atoms with Gasteiger partial charge in [0.1, 0.15) is 0 Å². The maximum atomic E-state index is 2.37. The van der Waals surface area contributed by atoms with Crippen LogP contribution in [0.3, 0.4) is 0 Å². The predicted octanol–water partition coefficient (Wildman–Crippen LogP) is 9.55. The van der Waals surface area contributed by atoms with E-state index in [1.165, 1.54) is 67.2 Å². The molecular formula is C22H51AlTi. The van der Waals surface area contributed by atoms with Gasteiger partial charge in [-0.05, 0) is 0 Å². The topological polar surface area (TPSA) is 0 Å². The average molecular weight is 390 g/mol. The Bertz CT molecular complexity index is 183. The Balaban J connectivity index is 0. The summed E-state index contributed by atoms with van der Waals surface area (Å²) in [5, 5.41) is 4.48. The summed E-state index contributed by atoms with van der Waals surface area (Å²) >= 11 is -1.61. The molecule has 0 aliphatic rings. The van der Waals surface area contributed by atoms with Crippen molar-refractivity contribution in [3.8, 4) is 0 Å². The second kappa shape index (κ2) is 20.6. The third kappa shape index (κ3) is 15.5. The first-order valence-corrected chi connectivity index (χ1v) is 18.5. The molecule has 0 aliphatic heterocycles. The molecule has 0 rings (SSSR count). The van der Waals surface area contributed by atoms with Crippen molar-refractivity contribution in [2.24, 2.45) is 0 Å². The zero-order valence-corrected chi connectivity index (χ0v) is 21.4. The minimum Gasteiger partial charge on any atom is -0.0967 e. The van der Waals surface area contributed by atoms with Crippen molar-refractivity contribution in [1.82, 2.24) is 0 Å². The van der Waals surface area contributed by atoms with E-state index in [9.17, 15) is 0 Å². The quantitative estimate of drug-likeness (QED) is 0.244. The fourth-order valence-electron chi connectivity index (χ4n) is 3.82. The van der Waals surface area contributed by atoms with Gasteiger partial charge in [-0.2, -0.15) is 0 Å². The first-order chi connectivity index (χ1) is 11.6. The predicted molar refractivity (Wildman–Crippen MR) is 116 cm³/mol. The van der Waals surface area contributed by atoms with Crippen molar-refractivity contribution < 1.29 is 16.6 Å². The van der Waals surface area contributed by atoms with Crippen LogP contribution in [-0.4, -0.2) is 14.1 Å². The third-order valence-electron chi connectivity index (χ3n) is 5.97. The van der Waals surface area contributed by atoms with Gasteiger partial charge in [-0.25, -0.2) is 0 Å². The van der Waals surface area contributed by atoms with E-state index in [-0.39, 0.29) is 14.1 Å². The Morgan fingerprint density at radius 2 is 0.708 bits per heavy atom. The molecule has 0 bridgehead atoms. The monoisotopic (exact) mass is 390 g/mol. The zero-order valence-electron chi connectivity index (χ0n) is 18.7. The van der Waals surface area contributed by atoms with Gasteiger partial charge in [-0.3, -0.25) is 0 Å². The van der Waals surface area contributed by atoms with Crippen LogP contribution < -0.4 is 0 Å². The molecule has 0 saturated carbocycles. The molecule has 146 valence electrons. The Hall–Kier alpha value is 1.25. The summed E-state index contributed by atoms with van der Waals surface area (Å²) in [6, 6.07) is 0. The van der Waals surface area contributed by atoms with Gasteiger partial charge in [0.15, 0.2) is 0 Å². The van der Waals surface area contributed by atoms with Crippen molar-refractivity contribution in [3.63, 3.8) is 0 Å². The fourth-order valence-corrected chi connectivity index (χ4v) is 14.8. The summed E-state index contributed by atoms with van der Waals surface area (Å²) in [5.41, 5.74) is 0. The van der Waals surface area contributed by atoms with Crippen LogP contribution in [0.15, 0.2) is 0 Å². The first kappa shape index (κ1) is 27.5. The second-order valence-corrected chi connectivity index (χ2v) is 20.0. The van der Waals surface area contributed by atoms with E-state index in [0.717, 1.165) is 0 Å². The smallest absolute Gasteiger partial charge is 0.0967 e. The molecule has 0 N–H and O–H groups in total. The van der Waals surface area contributed by atoms with E-state index in [4.69, 9.17) is 0 Å². The molecule has 0 heterocycles. The van der Waals surface area contributed by atoms with Crippen LogP contribution in [0.1, 0.15) is 99.8 Å². The molecule has 0 aliphatic carbocycles. The molecule has 24 heavy (non-hydrogen) atoms. The molecule has 0 aromatic carbocycles. The first-order valence-electron chi connectivity index (χ1n) is 11.6. The van der Waals surface area contributed by atoms with Crippen molar-refractivity contribution in [2.45, 2.75) is 135 Å². The minimum atomic E-state index is -1.43. The van der Waals surface area contributed by atoms with E-state index in [2.05, 4.69) is 48.5 Å². The molecule has 0 unspecified atom stereocenters. The molecule has 0 aromatic heterocycles. The summed E-state index contributed by atoms with van der Waals surface area (Å²) in [6.45, 7) is 16.4. The van der Waals surface area contributed by atoms with E-state index < -0.39 is 16.6 Å². The fraction of sp³-hybridized carbons (Fsp3) is 1.00. The normalized spacial score (nSPS) is 11.1. The van der Waals surface area contributed by atoms with Crippen molar-refractivity contribution in [3.05, 3.63) is 0 Å². The van der Waals surface area contributed by atoms with Crippen LogP contribution >= 0.6 is 0 Å². The SMILES string of the molecule is CCC[CH2][Ti]([CH2]CCC)([CH2]CCC)[CH2]CCC.C[CH2][Al]([CH2]C)[CH2]C. The van der Waals surface area contributed by atoms with Crippen LogP contribution in [0.5, 0.6) is 0 Å². The number of rotatable bonds is 15. The van der Waals surface area contributed by atoms with E-state index in [1.54, 1.807) is 18.9 Å². The molecule has 0 nitrogen and oxygen atoms in total. The van der Waals surface area contributed by atoms with Crippen LogP contribution in [0.25, 0.3) is 0 Å². The van der Waals surface area contributed by atoms with E-state index >= 15 is 0 Å².